The van der Waals surface area contributed by atoms with Crippen LogP contribution in [-0.4, -0.2) is 87.5 Å². The molecule has 0 spiro atoms. The number of aliphatic hydroxyl groups is 1. The van der Waals surface area contributed by atoms with Crippen LogP contribution in [0.25, 0.3) is 0 Å². The highest BCUT2D eigenvalue weighted by molar-refractivity contribution is 6.00. The summed E-state index contributed by atoms with van der Waals surface area (Å²) < 4.78 is 48.0. The summed E-state index contributed by atoms with van der Waals surface area (Å²) in [5.41, 5.74) is 11.3. The quantitative estimate of drug-likeness (QED) is 0.101. The lowest BCUT2D eigenvalue weighted by molar-refractivity contribution is -0.139. The predicted octanol–water partition coefficient (Wildman–Crippen LogP) is 5.89. The Kier molecular flexibility index (Phi) is 20.1. The summed E-state index contributed by atoms with van der Waals surface area (Å²) in [6.45, 7) is 5.70. The first-order chi connectivity index (χ1) is 23.1. The maximum Gasteiger partial charge on any atom is 0.416 e. The molecule has 0 aromatic heterocycles. The number of nitrogens with two attached hydrogens (primary N) is 2. The van der Waals surface area contributed by atoms with Crippen LogP contribution in [0, 0.1) is 11.8 Å². The minimum absolute atomic E-state index is 0.0208. The fourth-order valence-corrected chi connectivity index (χ4v) is 5.28. The van der Waals surface area contributed by atoms with Gasteiger partial charge in [-0.05, 0) is 87.5 Å². The zero-order chi connectivity index (χ0) is 37.0. The van der Waals surface area contributed by atoms with Gasteiger partial charge in [-0.25, -0.2) is 0 Å². The third-order valence-electron chi connectivity index (χ3n) is 8.14. The van der Waals surface area contributed by atoms with E-state index in [4.69, 9.17) is 30.9 Å². The van der Waals surface area contributed by atoms with E-state index < -0.39 is 29.4 Å². The normalized spacial score (nSPS) is 18.6. The molecule has 0 unspecified atom stereocenters. The highest BCUT2D eigenvalue weighted by Gasteiger charge is 2.40. The van der Waals surface area contributed by atoms with Crippen molar-refractivity contribution >= 4 is 11.7 Å². The van der Waals surface area contributed by atoms with Crippen molar-refractivity contribution in [2.75, 3.05) is 54.6 Å². The van der Waals surface area contributed by atoms with Gasteiger partial charge in [0, 0.05) is 32.7 Å². The van der Waals surface area contributed by atoms with Crippen LogP contribution in [-0.2, 0) is 26.1 Å². The van der Waals surface area contributed by atoms with Crippen molar-refractivity contribution in [3.05, 3.63) is 65.2 Å². The van der Waals surface area contributed by atoms with Crippen LogP contribution in [0.15, 0.2) is 53.7 Å². The fourth-order valence-electron chi connectivity index (χ4n) is 5.28. The van der Waals surface area contributed by atoms with Crippen LogP contribution in [0.4, 0.5) is 13.2 Å². The van der Waals surface area contributed by atoms with Crippen LogP contribution in [0.2, 0.25) is 0 Å². The van der Waals surface area contributed by atoms with Gasteiger partial charge in [0.1, 0.15) is 18.4 Å². The summed E-state index contributed by atoms with van der Waals surface area (Å²) in [4.78, 5) is 17.2. The Morgan fingerprint density at radius 3 is 2.27 bits per heavy atom. The van der Waals surface area contributed by atoms with Crippen LogP contribution >= 0.6 is 0 Å². The molecule has 1 saturated carbocycles. The molecule has 0 amide bonds. The third-order valence-corrected chi connectivity index (χ3v) is 8.14. The lowest BCUT2D eigenvalue weighted by Crippen LogP contribution is -2.43. The second-order valence-electron chi connectivity index (χ2n) is 12.7. The second kappa shape index (κ2) is 22.5. The van der Waals surface area contributed by atoms with E-state index in [1.54, 1.807) is 28.1 Å². The number of aliphatic carboxylic acids is 1. The minimum Gasteiger partial charge on any atom is -0.497 e. The smallest absolute Gasteiger partial charge is 0.416 e. The number of unbranched alkanes of at least 4 members (excludes halogenated alkanes) is 1. The van der Waals surface area contributed by atoms with Crippen molar-refractivity contribution in [1.82, 2.24) is 4.90 Å². The summed E-state index contributed by atoms with van der Waals surface area (Å²) in [5.74, 6) is 0.205. The highest BCUT2D eigenvalue weighted by atomic mass is 19.4. The Hall–Kier alpha value is -3.23. The molecule has 1 aliphatic rings. The van der Waals surface area contributed by atoms with Gasteiger partial charge in [-0.2, -0.15) is 13.2 Å². The first-order valence-corrected chi connectivity index (χ1v) is 16.7. The van der Waals surface area contributed by atoms with E-state index in [0.29, 0.717) is 36.8 Å². The number of rotatable bonds is 15. The molecule has 1 fully saturated rings. The lowest BCUT2D eigenvalue weighted by atomic mass is 9.71. The van der Waals surface area contributed by atoms with E-state index in [2.05, 4.69) is 24.2 Å². The van der Waals surface area contributed by atoms with Crippen molar-refractivity contribution in [1.29, 1.82) is 0 Å². The maximum absolute atomic E-state index is 12.6. The molecule has 2 aromatic carbocycles. The molecule has 0 radical (unpaired) electrons. The molecule has 0 saturated heterocycles. The maximum atomic E-state index is 12.6. The van der Waals surface area contributed by atoms with Gasteiger partial charge in [0.25, 0.3) is 0 Å². The lowest BCUT2D eigenvalue weighted by Gasteiger charge is -2.41. The SMILES string of the molecule is CC(C)[C@H](N)C(=O)O.COCCCC/C(=N\OCCN)c1ccc(C(F)(F)F)cc1.COc1cccc([C@@]2(O)CCCC[C@@H]2CN(C)C)c1. The Labute approximate surface area is 289 Å². The number of carboxylic acids is 1. The van der Waals surface area contributed by atoms with Crippen molar-refractivity contribution < 1.29 is 42.5 Å². The van der Waals surface area contributed by atoms with Gasteiger partial charge in [0.05, 0.1) is 24.0 Å². The molecule has 3 atom stereocenters. The average Bonchev–Trinajstić information content (AvgIpc) is 3.06. The topological polar surface area (TPSA) is 153 Å². The molecule has 0 bridgehead atoms. The number of alkyl halides is 3. The van der Waals surface area contributed by atoms with E-state index in [9.17, 15) is 23.1 Å². The minimum atomic E-state index is -4.34. The van der Waals surface area contributed by atoms with Gasteiger partial charge in [-0.15, -0.1) is 0 Å². The summed E-state index contributed by atoms with van der Waals surface area (Å²) in [6, 6.07) is 12.1. The molecule has 3 rings (SSSR count). The molecule has 10 nitrogen and oxygen atoms in total. The number of hydrogen-bond acceptors (Lipinski definition) is 9. The molecule has 6 N–H and O–H groups in total. The summed E-state index contributed by atoms with van der Waals surface area (Å²) in [6.07, 6.45) is 2.14. The molecule has 13 heteroatoms. The standard InChI is InChI=1S/C16H25NO2.C15H21F3N2O2.C5H11NO2/c1-17(2)12-14-7-4-5-10-16(14,18)13-8-6-9-15(11-13)19-3;1-21-10-3-2-4-14(20-22-11-9-19)12-5-7-13(8-6-12)15(16,17)18;1-3(2)4(6)5(7)8/h6,8-9,11,14,18H,4-5,7,10,12H2,1-3H3;5-8H,2-4,9-11,19H2,1H3;3-4H,6H2,1-2H3,(H,7,8)/b;20-14+;/t14-,16+;;4-/m1.0/s1. The van der Waals surface area contributed by atoms with Gasteiger partial charge >= 0.3 is 12.1 Å². The molecular weight excluding hydrogens is 641 g/mol. The van der Waals surface area contributed by atoms with Crippen LogP contribution in [0.5, 0.6) is 5.75 Å². The number of methoxy groups -OCH3 is 2. The number of ether oxygens (including phenoxy) is 2. The molecule has 0 aliphatic heterocycles. The van der Waals surface area contributed by atoms with Gasteiger partial charge in [0.15, 0.2) is 0 Å². The summed E-state index contributed by atoms with van der Waals surface area (Å²) in [5, 5.41) is 23.4. The number of carboxylic acid groups (broad SMARTS) is 1. The number of oxime groups is 1. The van der Waals surface area contributed by atoms with Crippen molar-refractivity contribution in [2.24, 2.45) is 28.5 Å². The van der Waals surface area contributed by atoms with E-state index in [-0.39, 0.29) is 12.5 Å². The molecule has 49 heavy (non-hydrogen) atoms. The Balaban J connectivity index is 0.000000405. The molecule has 278 valence electrons. The first-order valence-electron chi connectivity index (χ1n) is 16.7. The first kappa shape index (κ1) is 43.8. The predicted molar refractivity (Wildman–Crippen MR) is 187 cm³/mol. The van der Waals surface area contributed by atoms with Gasteiger partial charge in [-0.1, -0.05) is 56.1 Å². The van der Waals surface area contributed by atoms with Gasteiger partial charge in [0.2, 0.25) is 0 Å². The summed E-state index contributed by atoms with van der Waals surface area (Å²) >= 11 is 0. The number of carbonyl (C=O) groups is 1. The van der Waals surface area contributed by atoms with Crippen LogP contribution in [0.3, 0.4) is 0 Å². The zero-order valence-corrected chi connectivity index (χ0v) is 29.8. The van der Waals surface area contributed by atoms with Gasteiger partial charge < -0.3 is 40.9 Å². The number of nitrogens with zero attached hydrogens (tertiary/aromatic N) is 2. The fraction of sp³-hybridized carbons (Fsp3) is 0.611. The monoisotopic (exact) mass is 698 g/mol. The summed E-state index contributed by atoms with van der Waals surface area (Å²) in [7, 11) is 7.43. The van der Waals surface area contributed by atoms with Crippen LogP contribution in [0.1, 0.15) is 75.5 Å². The average molecular weight is 699 g/mol. The van der Waals surface area contributed by atoms with Crippen molar-refractivity contribution in [3.63, 3.8) is 0 Å². The van der Waals surface area contributed by atoms with Crippen molar-refractivity contribution in [2.45, 2.75) is 76.6 Å². The zero-order valence-electron chi connectivity index (χ0n) is 29.8. The number of halogens is 3. The highest BCUT2D eigenvalue weighted by Crippen LogP contribution is 2.42. The van der Waals surface area contributed by atoms with E-state index in [0.717, 1.165) is 62.1 Å². The van der Waals surface area contributed by atoms with Gasteiger partial charge in [-0.3, -0.25) is 4.79 Å². The van der Waals surface area contributed by atoms with E-state index in [1.165, 1.54) is 18.6 Å². The number of hydrogen-bond donors (Lipinski definition) is 4. The Morgan fingerprint density at radius 2 is 1.76 bits per heavy atom. The molecule has 0 heterocycles. The second-order valence-corrected chi connectivity index (χ2v) is 12.7. The van der Waals surface area contributed by atoms with Crippen molar-refractivity contribution in [3.8, 4) is 5.75 Å². The van der Waals surface area contributed by atoms with Crippen LogP contribution < -0.4 is 16.2 Å². The van der Waals surface area contributed by atoms with E-state index in [1.807, 2.05) is 24.3 Å². The molecule has 1 aliphatic carbocycles. The third kappa shape index (κ3) is 15.9. The number of benzene rings is 2. The molecular formula is C36H57F3N4O6. The Bertz CT molecular complexity index is 1240. The van der Waals surface area contributed by atoms with E-state index >= 15 is 0 Å². The Morgan fingerprint density at radius 1 is 1.08 bits per heavy atom. The molecule has 2 aromatic rings. The largest absolute Gasteiger partial charge is 0.497 e.